The molecular formula is C18H17BrClN5O. The van der Waals surface area contributed by atoms with Crippen LogP contribution in [0.5, 0.6) is 0 Å². The van der Waals surface area contributed by atoms with Gasteiger partial charge in [0, 0.05) is 41.9 Å². The molecule has 2 aromatic heterocycles. The number of carbonyl (C=O) groups is 1. The standard InChI is InChI=1S/C18H17BrClN5O/c19-14-10-21-17-16(14)18(23-11-22-17)25-7-5-24(6-8-25)15(26)9-12-1-3-13(20)4-2-12/h1-4,10-11H,5-9H2,(H,21,22,23). The number of anilines is 1. The van der Waals surface area contributed by atoms with Crippen LogP contribution in [-0.2, 0) is 11.2 Å². The Bertz CT molecular complexity index is 934. The highest BCUT2D eigenvalue weighted by atomic mass is 79.9. The van der Waals surface area contributed by atoms with Crippen molar-refractivity contribution in [2.24, 2.45) is 0 Å². The summed E-state index contributed by atoms with van der Waals surface area (Å²) in [6, 6.07) is 7.43. The van der Waals surface area contributed by atoms with Crippen molar-refractivity contribution in [1.82, 2.24) is 19.9 Å². The second kappa shape index (κ2) is 7.25. The van der Waals surface area contributed by atoms with Crippen LogP contribution in [0.4, 0.5) is 5.82 Å². The van der Waals surface area contributed by atoms with Gasteiger partial charge in [-0.05, 0) is 33.6 Å². The number of hydrogen-bond acceptors (Lipinski definition) is 4. The molecule has 1 aromatic carbocycles. The van der Waals surface area contributed by atoms with Gasteiger partial charge in [0.25, 0.3) is 0 Å². The van der Waals surface area contributed by atoms with E-state index in [1.165, 1.54) is 0 Å². The number of aromatic amines is 1. The Morgan fingerprint density at radius 2 is 1.88 bits per heavy atom. The number of amides is 1. The predicted molar refractivity (Wildman–Crippen MR) is 106 cm³/mol. The van der Waals surface area contributed by atoms with Crippen LogP contribution in [-0.4, -0.2) is 51.9 Å². The maximum Gasteiger partial charge on any atom is 0.227 e. The molecule has 0 saturated carbocycles. The van der Waals surface area contributed by atoms with Crippen LogP contribution in [0.1, 0.15) is 5.56 Å². The molecule has 0 bridgehead atoms. The van der Waals surface area contributed by atoms with Crippen molar-refractivity contribution in [2.45, 2.75) is 6.42 Å². The summed E-state index contributed by atoms with van der Waals surface area (Å²) >= 11 is 9.45. The molecular weight excluding hydrogens is 418 g/mol. The number of rotatable bonds is 3. The van der Waals surface area contributed by atoms with Crippen molar-refractivity contribution < 1.29 is 4.79 Å². The third-order valence-electron chi connectivity index (χ3n) is 4.60. The SMILES string of the molecule is O=C(Cc1ccc(Cl)cc1)N1CCN(c2ncnc3[nH]cc(Br)c23)CC1. The van der Waals surface area contributed by atoms with Crippen molar-refractivity contribution in [3.63, 3.8) is 0 Å². The van der Waals surface area contributed by atoms with Crippen LogP contribution >= 0.6 is 27.5 Å². The number of carbonyl (C=O) groups excluding carboxylic acids is 1. The van der Waals surface area contributed by atoms with E-state index in [4.69, 9.17) is 11.6 Å². The van der Waals surface area contributed by atoms with Gasteiger partial charge in [-0.25, -0.2) is 9.97 Å². The van der Waals surface area contributed by atoms with Crippen molar-refractivity contribution in [2.75, 3.05) is 31.1 Å². The summed E-state index contributed by atoms with van der Waals surface area (Å²) in [4.78, 5) is 28.5. The minimum atomic E-state index is 0.141. The number of nitrogens with zero attached hydrogens (tertiary/aromatic N) is 4. The summed E-state index contributed by atoms with van der Waals surface area (Å²) in [6.07, 6.45) is 3.84. The van der Waals surface area contributed by atoms with Crippen LogP contribution in [0.15, 0.2) is 41.3 Å². The molecule has 0 radical (unpaired) electrons. The number of benzene rings is 1. The Balaban J connectivity index is 1.43. The second-order valence-corrected chi connectivity index (χ2v) is 7.52. The van der Waals surface area contributed by atoms with Crippen LogP contribution in [0, 0.1) is 0 Å². The largest absolute Gasteiger partial charge is 0.352 e. The molecule has 4 rings (SSSR count). The van der Waals surface area contributed by atoms with Gasteiger partial charge in [0.1, 0.15) is 17.8 Å². The highest BCUT2D eigenvalue weighted by molar-refractivity contribution is 9.10. The lowest BCUT2D eigenvalue weighted by atomic mass is 10.1. The summed E-state index contributed by atoms with van der Waals surface area (Å²) in [6.45, 7) is 2.85. The van der Waals surface area contributed by atoms with Gasteiger partial charge in [0.2, 0.25) is 5.91 Å². The van der Waals surface area contributed by atoms with E-state index >= 15 is 0 Å². The summed E-state index contributed by atoms with van der Waals surface area (Å²) in [5.74, 6) is 1.04. The Hall–Kier alpha value is -2.12. The summed E-state index contributed by atoms with van der Waals surface area (Å²) in [5.41, 5.74) is 1.79. The van der Waals surface area contributed by atoms with E-state index in [1.54, 1.807) is 6.33 Å². The number of halogens is 2. The molecule has 1 N–H and O–H groups in total. The smallest absolute Gasteiger partial charge is 0.227 e. The fourth-order valence-corrected chi connectivity index (χ4v) is 3.81. The molecule has 6 nitrogen and oxygen atoms in total. The number of H-pyrrole nitrogens is 1. The first kappa shape index (κ1) is 17.3. The van der Waals surface area contributed by atoms with Crippen LogP contribution in [0.3, 0.4) is 0 Å². The fourth-order valence-electron chi connectivity index (χ4n) is 3.21. The lowest BCUT2D eigenvalue weighted by Gasteiger charge is -2.35. The normalized spacial score (nSPS) is 14.8. The maximum atomic E-state index is 12.6. The molecule has 26 heavy (non-hydrogen) atoms. The second-order valence-electron chi connectivity index (χ2n) is 6.23. The predicted octanol–water partition coefficient (Wildman–Crippen LogP) is 3.27. The number of fused-ring (bicyclic) bond motifs is 1. The van der Waals surface area contributed by atoms with Gasteiger partial charge in [-0.2, -0.15) is 0 Å². The zero-order valence-electron chi connectivity index (χ0n) is 14.0. The summed E-state index contributed by atoms with van der Waals surface area (Å²) < 4.78 is 0.948. The molecule has 1 aliphatic rings. The molecule has 0 atom stereocenters. The number of piperazine rings is 1. The number of hydrogen-bond donors (Lipinski definition) is 1. The first-order valence-electron chi connectivity index (χ1n) is 8.36. The summed E-state index contributed by atoms with van der Waals surface area (Å²) in [5, 5.41) is 1.66. The lowest BCUT2D eigenvalue weighted by Crippen LogP contribution is -2.49. The Labute approximate surface area is 164 Å². The van der Waals surface area contributed by atoms with E-state index in [0.29, 0.717) is 24.5 Å². The van der Waals surface area contributed by atoms with Gasteiger partial charge in [0.05, 0.1) is 11.8 Å². The molecule has 0 spiro atoms. The molecule has 1 aliphatic heterocycles. The lowest BCUT2D eigenvalue weighted by molar-refractivity contribution is -0.130. The van der Waals surface area contributed by atoms with E-state index in [1.807, 2.05) is 35.4 Å². The summed E-state index contributed by atoms with van der Waals surface area (Å²) in [7, 11) is 0. The molecule has 0 unspecified atom stereocenters. The minimum absolute atomic E-state index is 0.141. The van der Waals surface area contributed by atoms with E-state index < -0.39 is 0 Å². The Morgan fingerprint density at radius 1 is 1.15 bits per heavy atom. The maximum absolute atomic E-state index is 12.6. The monoisotopic (exact) mass is 433 g/mol. The van der Waals surface area contributed by atoms with Crippen molar-refractivity contribution in [3.05, 3.63) is 51.8 Å². The molecule has 8 heteroatoms. The van der Waals surface area contributed by atoms with Gasteiger partial charge in [-0.15, -0.1) is 0 Å². The van der Waals surface area contributed by atoms with Crippen LogP contribution in [0.2, 0.25) is 5.02 Å². The zero-order valence-corrected chi connectivity index (χ0v) is 16.3. The van der Waals surface area contributed by atoms with Gasteiger partial charge in [0.15, 0.2) is 0 Å². The van der Waals surface area contributed by atoms with Crippen molar-refractivity contribution in [1.29, 1.82) is 0 Å². The Morgan fingerprint density at radius 3 is 2.62 bits per heavy atom. The van der Waals surface area contributed by atoms with E-state index in [9.17, 15) is 4.79 Å². The molecule has 1 saturated heterocycles. The third-order valence-corrected chi connectivity index (χ3v) is 5.48. The van der Waals surface area contributed by atoms with Gasteiger partial charge < -0.3 is 14.8 Å². The van der Waals surface area contributed by atoms with Crippen molar-refractivity contribution >= 4 is 50.3 Å². The van der Waals surface area contributed by atoms with E-state index in [-0.39, 0.29) is 5.91 Å². The van der Waals surface area contributed by atoms with E-state index in [0.717, 1.165) is 40.0 Å². The molecule has 0 aliphatic carbocycles. The van der Waals surface area contributed by atoms with Crippen LogP contribution < -0.4 is 4.90 Å². The molecule has 3 heterocycles. The molecule has 1 amide bonds. The first-order valence-corrected chi connectivity index (χ1v) is 9.53. The third kappa shape index (κ3) is 3.41. The Kier molecular flexibility index (Phi) is 4.82. The highest BCUT2D eigenvalue weighted by Gasteiger charge is 2.24. The van der Waals surface area contributed by atoms with Crippen molar-refractivity contribution in [3.8, 4) is 0 Å². The quantitative estimate of drug-likeness (QED) is 0.687. The number of nitrogens with one attached hydrogen (secondary N) is 1. The zero-order chi connectivity index (χ0) is 18.1. The fraction of sp³-hybridized carbons (Fsp3) is 0.278. The highest BCUT2D eigenvalue weighted by Crippen LogP contribution is 2.30. The van der Waals surface area contributed by atoms with Gasteiger partial charge >= 0.3 is 0 Å². The molecule has 1 fully saturated rings. The topological polar surface area (TPSA) is 65.1 Å². The van der Waals surface area contributed by atoms with Crippen LogP contribution in [0.25, 0.3) is 11.0 Å². The number of aromatic nitrogens is 3. The van der Waals surface area contributed by atoms with Gasteiger partial charge in [-0.1, -0.05) is 23.7 Å². The van der Waals surface area contributed by atoms with Gasteiger partial charge in [-0.3, -0.25) is 4.79 Å². The first-order chi connectivity index (χ1) is 12.6. The average molecular weight is 435 g/mol. The minimum Gasteiger partial charge on any atom is -0.352 e. The average Bonchev–Trinajstić information content (AvgIpc) is 3.05. The molecule has 3 aromatic rings. The van der Waals surface area contributed by atoms with E-state index in [2.05, 4.69) is 35.8 Å². The molecule has 134 valence electrons.